The number of hydrogen-bond donors (Lipinski definition) is 1. The number of aryl methyl sites for hydroxylation is 1. The monoisotopic (exact) mass is 333 g/mol. The Hall–Kier alpha value is -2.06. The van der Waals surface area contributed by atoms with Crippen LogP contribution >= 0.6 is 11.3 Å². The summed E-state index contributed by atoms with van der Waals surface area (Å²) in [5.41, 5.74) is 0.917. The van der Waals surface area contributed by atoms with E-state index in [2.05, 4.69) is 20.3 Å². The number of hydrogen-bond acceptors (Lipinski definition) is 6. The Kier molecular flexibility index (Phi) is 4.82. The van der Waals surface area contributed by atoms with E-state index in [0.717, 1.165) is 30.0 Å². The lowest BCUT2D eigenvalue weighted by atomic mass is 10.1. The van der Waals surface area contributed by atoms with E-state index in [0.29, 0.717) is 5.13 Å². The van der Waals surface area contributed by atoms with Crippen LogP contribution in [0.3, 0.4) is 0 Å². The van der Waals surface area contributed by atoms with Crippen LogP contribution in [-0.2, 0) is 13.6 Å². The second-order valence-corrected chi connectivity index (χ2v) is 6.47. The van der Waals surface area contributed by atoms with Crippen LogP contribution in [0.4, 0.5) is 5.13 Å². The first-order valence-corrected chi connectivity index (χ1v) is 8.52. The summed E-state index contributed by atoms with van der Waals surface area (Å²) in [6, 6.07) is 2.74. The van der Waals surface area contributed by atoms with Gasteiger partial charge in [-0.2, -0.15) is 5.10 Å². The van der Waals surface area contributed by atoms with Crippen molar-refractivity contribution in [2.75, 3.05) is 18.4 Å². The molecule has 3 rings (SSSR count). The van der Waals surface area contributed by atoms with E-state index < -0.39 is 0 Å². The molecule has 0 aliphatic carbocycles. The SMILES string of the molecule is Cn1nc(C(=O)Nc2nc(CN3CCCCC3)cs2)ccc1=O. The van der Waals surface area contributed by atoms with Crippen molar-refractivity contribution in [2.24, 2.45) is 7.05 Å². The van der Waals surface area contributed by atoms with Crippen LogP contribution in [0.5, 0.6) is 0 Å². The fraction of sp³-hybridized carbons (Fsp3) is 0.467. The molecular weight excluding hydrogens is 314 g/mol. The largest absolute Gasteiger partial charge is 0.297 e. The molecule has 122 valence electrons. The normalized spacial score (nSPS) is 15.5. The predicted octanol–water partition coefficient (Wildman–Crippen LogP) is 1.47. The molecule has 0 bridgehead atoms. The van der Waals surface area contributed by atoms with Crippen LogP contribution in [0, 0.1) is 0 Å². The number of carbonyl (C=O) groups is 1. The van der Waals surface area contributed by atoms with Crippen LogP contribution in [0.15, 0.2) is 22.3 Å². The lowest BCUT2D eigenvalue weighted by Gasteiger charge is -2.25. The zero-order valence-corrected chi connectivity index (χ0v) is 13.8. The Morgan fingerprint density at radius 3 is 2.83 bits per heavy atom. The summed E-state index contributed by atoms with van der Waals surface area (Å²) in [7, 11) is 1.51. The van der Waals surface area contributed by atoms with Gasteiger partial charge in [-0.15, -0.1) is 11.3 Å². The maximum absolute atomic E-state index is 12.1. The molecule has 0 atom stereocenters. The molecule has 7 nitrogen and oxygen atoms in total. The summed E-state index contributed by atoms with van der Waals surface area (Å²) < 4.78 is 1.14. The van der Waals surface area contributed by atoms with Crippen LogP contribution in [0.1, 0.15) is 35.4 Å². The first-order chi connectivity index (χ1) is 11.1. The van der Waals surface area contributed by atoms with Crippen molar-refractivity contribution in [3.63, 3.8) is 0 Å². The van der Waals surface area contributed by atoms with Crippen LogP contribution in [0.2, 0.25) is 0 Å². The van der Waals surface area contributed by atoms with Crippen LogP contribution in [0.25, 0.3) is 0 Å². The Balaban J connectivity index is 1.62. The van der Waals surface area contributed by atoms with Gasteiger partial charge >= 0.3 is 0 Å². The Labute approximate surface area is 138 Å². The number of nitrogens with one attached hydrogen (secondary N) is 1. The maximum Gasteiger partial charge on any atom is 0.277 e. The van der Waals surface area contributed by atoms with Crippen molar-refractivity contribution < 1.29 is 4.79 Å². The van der Waals surface area contributed by atoms with Gasteiger partial charge < -0.3 is 0 Å². The highest BCUT2D eigenvalue weighted by molar-refractivity contribution is 7.13. The first kappa shape index (κ1) is 15.8. The number of thiazole rings is 1. The average molecular weight is 333 g/mol. The van der Waals surface area contributed by atoms with E-state index in [1.54, 1.807) is 0 Å². The summed E-state index contributed by atoms with van der Waals surface area (Å²) in [5.74, 6) is -0.362. The van der Waals surface area contributed by atoms with Gasteiger partial charge in [0.05, 0.1) is 5.69 Å². The number of likely N-dealkylation sites (tertiary alicyclic amines) is 1. The van der Waals surface area contributed by atoms with Crippen molar-refractivity contribution in [3.8, 4) is 0 Å². The van der Waals surface area contributed by atoms with E-state index in [1.165, 1.54) is 49.8 Å². The highest BCUT2D eigenvalue weighted by Crippen LogP contribution is 2.19. The highest BCUT2D eigenvalue weighted by Gasteiger charge is 2.14. The fourth-order valence-electron chi connectivity index (χ4n) is 2.57. The topological polar surface area (TPSA) is 80.1 Å². The zero-order valence-electron chi connectivity index (χ0n) is 13.0. The van der Waals surface area contributed by atoms with Gasteiger partial charge in [0.2, 0.25) is 0 Å². The molecule has 1 aliphatic rings. The maximum atomic E-state index is 12.1. The summed E-state index contributed by atoms with van der Waals surface area (Å²) in [4.78, 5) is 30.3. The van der Waals surface area contributed by atoms with Gasteiger partial charge in [-0.1, -0.05) is 6.42 Å². The second kappa shape index (κ2) is 7.01. The number of nitrogens with zero attached hydrogens (tertiary/aromatic N) is 4. The van der Waals surface area contributed by atoms with Crippen LogP contribution in [-0.4, -0.2) is 38.7 Å². The lowest BCUT2D eigenvalue weighted by molar-refractivity contribution is 0.102. The van der Waals surface area contributed by atoms with Gasteiger partial charge in [-0.05, 0) is 32.0 Å². The third kappa shape index (κ3) is 4.02. The molecule has 8 heteroatoms. The summed E-state index contributed by atoms with van der Waals surface area (Å²) in [6.07, 6.45) is 3.79. The van der Waals surface area contributed by atoms with Crippen molar-refractivity contribution in [1.82, 2.24) is 19.7 Å². The molecule has 0 aromatic carbocycles. The van der Waals surface area contributed by atoms with Crippen molar-refractivity contribution in [3.05, 3.63) is 39.3 Å². The zero-order chi connectivity index (χ0) is 16.2. The highest BCUT2D eigenvalue weighted by atomic mass is 32.1. The molecule has 23 heavy (non-hydrogen) atoms. The minimum Gasteiger partial charge on any atom is -0.297 e. The Bertz CT molecular complexity index is 748. The molecule has 1 fully saturated rings. The molecule has 0 unspecified atom stereocenters. The van der Waals surface area contributed by atoms with Gasteiger partial charge in [0, 0.05) is 25.0 Å². The Morgan fingerprint density at radius 2 is 2.09 bits per heavy atom. The molecule has 1 N–H and O–H groups in total. The van der Waals surface area contributed by atoms with E-state index in [1.807, 2.05) is 5.38 Å². The number of piperidine rings is 1. The van der Waals surface area contributed by atoms with Crippen molar-refractivity contribution in [1.29, 1.82) is 0 Å². The fourth-order valence-corrected chi connectivity index (χ4v) is 3.26. The van der Waals surface area contributed by atoms with E-state index in [9.17, 15) is 9.59 Å². The van der Waals surface area contributed by atoms with E-state index in [4.69, 9.17) is 0 Å². The van der Waals surface area contributed by atoms with E-state index >= 15 is 0 Å². The molecule has 3 heterocycles. The summed E-state index contributed by atoms with van der Waals surface area (Å²) in [5, 5.41) is 9.19. The number of anilines is 1. The molecular formula is C15H19N5O2S. The molecule has 0 spiro atoms. The smallest absolute Gasteiger partial charge is 0.277 e. The third-order valence-electron chi connectivity index (χ3n) is 3.80. The minimum absolute atomic E-state index is 0.194. The van der Waals surface area contributed by atoms with Gasteiger partial charge in [0.1, 0.15) is 5.69 Å². The average Bonchev–Trinajstić information content (AvgIpc) is 2.98. The van der Waals surface area contributed by atoms with Gasteiger partial charge in [0.15, 0.2) is 5.13 Å². The van der Waals surface area contributed by atoms with Crippen LogP contribution < -0.4 is 10.9 Å². The van der Waals surface area contributed by atoms with Gasteiger partial charge in [0.25, 0.3) is 11.5 Å². The molecule has 1 amide bonds. The molecule has 2 aromatic heterocycles. The van der Waals surface area contributed by atoms with Gasteiger partial charge in [-0.3, -0.25) is 19.8 Å². The molecule has 0 radical (unpaired) electrons. The molecule has 2 aromatic rings. The number of aromatic nitrogens is 3. The predicted molar refractivity (Wildman–Crippen MR) is 88.7 cm³/mol. The third-order valence-corrected chi connectivity index (χ3v) is 4.61. The van der Waals surface area contributed by atoms with Gasteiger partial charge in [-0.25, -0.2) is 9.67 Å². The van der Waals surface area contributed by atoms with E-state index in [-0.39, 0.29) is 17.2 Å². The van der Waals surface area contributed by atoms with Crippen molar-refractivity contribution >= 4 is 22.4 Å². The minimum atomic E-state index is -0.362. The quantitative estimate of drug-likeness (QED) is 0.916. The van der Waals surface area contributed by atoms with Crippen molar-refractivity contribution in [2.45, 2.75) is 25.8 Å². The number of rotatable bonds is 4. The summed E-state index contributed by atoms with van der Waals surface area (Å²) in [6.45, 7) is 3.05. The number of amides is 1. The molecule has 1 saturated heterocycles. The number of carbonyl (C=O) groups excluding carboxylic acids is 1. The standard InChI is InChI=1S/C15H19N5O2S/c1-19-13(21)6-5-12(18-19)14(22)17-15-16-11(10-23-15)9-20-7-3-2-4-8-20/h5-6,10H,2-4,7-9H2,1H3,(H,16,17,22). The molecule has 0 saturated carbocycles. The first-order valence-electron chi connectivity index (χ1n) is 7.64. The molecule has 1 aliphatic heterocycles. The second-order valence-electron chi connectivity index (χ2n) is 5.62. The Morgan fingerprint density at radius 1 is 1.30 bits per heavy atom. The summed E-state index contributed by atoms with van der Waals surface area (Å²) >= 11 is 1.40. The lowest BCUT2D eigenvalue weighted by Crippen LogP contribution is -2.29.